The van der Waals surface area contributed by atoms with Crippen molar-refractivity contribution in [1.29, 1.82) is 0 Å². The van der Waals surface area contributed by atoms with E-state index in [1.807, 2.05) is 0 Å². The van der Waals surface area contributed by atoms with Crippen LogP contribution in [-0.2, 0) is 9.53 Å². The number of hydrogen-bond donors (Lipinski definition) is 0. The molecule has 0 N–H and O–H groups in total. The van der Waals surface area contributed by atoms with Gasteiger partial charge in [0, 0.05) is 0 Å². The summed E-state index contributed by atoms with van der Waals surface area (Å²) < 4.78 is 5.51. The Kier molecular flexibility index (Phi) is 2.80. The molecule has 0 amide bonds. The minimum absolute atomic E-state index is 0.0664. The van der Waals surface area contributed by atoms with Crippen molar-refractivity contribution >= 4 is 5.97 Å². The summed E-state index contributed by atoms with van der Waals surface area (Å²) in [6.45, 7) is 11.3. The molecule has 0 spiro atoms. The molecule has 1 saturated carbocycles. The van der Waals surface area contributed by atoms with E-state index >= 15 is 0 Å². The highest BCUT2D eigenvalue weighted by Gasteiger charge is 2.58. The summed E-state index contributed by atoms with van der Waals surface area (Å²) >= 11 is 0. The first-order valence-corrected chi connectivity index (χ1v) is 6.60. The van der Waals surface area contributed by atoms with Crippen molar-refractivity contribution < 1.29 is 9.53 Å². The zero-order valence-corrected chi connectivity index (χ0v) is 11.1. The SMILES string of the molecule is CC1CC(C(C)C)(C(C)C)C2CC1OC2=O. The molecule has 0 aromatic rings. The van der Waals surface area contributed by atoms with E-state index in [9.17, 15) is 4.79 Å². The topological polar surface area (TPSA) is 26.3 Å². The molecule has 1 aliphatic carbocycles. The Balaban J connectivity index is 2.41. The molecule has 0 aromatic carbocycles. The van der Waals surface area contributed by atoms with E-state index < -0.39 is 0 Å². The standard InChI is InChI=1S/C14H24O2/c1-8(2)14(9(3)4)7-10(5)12-6-11(14)13(15)16-12/h8-12H,6-7H2,1-5H3. The average molecular weight is 224 g/mol. The van der Waals surface area contributed by atoms with E-state index in [0.717, 1.165) is 12.8 Å². The molecule has 1 saturated heterocycles. The van der Waals surface area contributed by atoms with E-state index in [1.54, 1.807) is 0 Å². The number of hydrogen-bond acceptors (Lipinski definition) is 2. The van der Waals surface area contributed by atoms with Gasteiger partial charge in [0.2, 0.25) is 0 Å². The Morgan fingerprint density at radius 3 is 2.31 bits per heavy atom. The van der Waals surface area contributed by atoms with Crippen LogP contribution < -0.4 is 0 Å². The lowest BCUT2D eigenvalue weighted by Crippen LogP contribution is -2.46. The molecule has 1 heterocycles. The summed E-state index contributed by atoms with van der Waals surface area (Å²) in [5.74, 6) is 1.83. The van der Waals surface area contributed by atoms with Crippen molar-refractivity contribution in [1.82, 2.24) is 0 Å². The summed E-state index contributed by atoms with van der Waals surface area (Å²) in [6.07, 6.45) is 2.29. The van der Waals surface area contributed by atoms with Crippen LogP contribution in [0.3, 0.4) is 0 Å². The Morgan fingerprint density at radius 2 is 1.81 bits per heavy atom. The third kappa shape index (κ3) is 1.42. The highest BCUT2D eigenvalue weighted by molar-refractivity contribution is 5.76. The van der Waals surface area contributed by atoms with E-state index in [1.165, 1.54) is 0 Å². The van der Waals surface area contributed by atoms with E-state index in [0.29, 0.717) is 17.8 Å². The number of carbonyl (C=O) groups is 1. The van der Waals surface area contributed by atoms with Gasteiger partial charge in [0.1, 0.15) is 6.10 Å². The molecule has 1 aliphatic heterocycles. The zero-order valence-electron chi connectivity index (χ0n) is 11.1. The summed E-state index contributed by atoms with van der Waals surface area (Å²) in [7, 11) is 0. The van der Waals surface area contributed by atoms with Gasteiger partial charge in [-0.3, -0.25) is 4.79 Å². The maximum Gasteiger partial charge on any atom is 0.309 e. The molecule has 2 aliphatic rings. The maximum absolute atomic E-state index is 12.0. The van der Waals surface area contributed by atoms with Gasteiger partial charge in [-0.05, 0) is 36.0 Å². The minimum atomic E-state index is 0.0664. The molecule has 3 atom stereocenters. The van der Waals surface area contributed by atoms with Crippen LogP contribution >= 0.6 is 0 Å². The van der Waals surface area contributed by atoms with E-state index in [-0.39, 0.29) is 23.4 Å². The fraction of sp³-hybridized carbons (Fsp3) is 0.929. The molecule has 92 valence electrons. The van der Waals surface area contributed by atoms with Crippen LogP contribution in [0.15, 0.2) is 0 Å². The van der Waals surface area contributed by atoms with Crippen LogP contribution in [0, 0.1) is 29.1 Å². The first kappa shape index (κ1) is 11.9. The second-order valence-corrected chi connectivity index (χ2v) is 6.37. The number of esters is 1. The lowest BCUT2D eigenvalue weighted by molar-refractivity contribution is -0.147. The Bertz CT molecular complexity index is 285. The van der Waals surface area contributed by atoms with Crippen LogP contribution in [0.4, 0.5) is 0 Å². The third-order valence-corrected chi connectivity index (χ3v) is 5.13. The Labute approximate surface area is 98.7 Å². The first-order chi connectivity index (χ1) is 7.39. The van der Waals surface area contributed by atoms with Crippen LogP contribution in [0.5, 0.6) is 0 Å². The number of fused-ring (bicyclic) bond motifs is 2. The van der Waals surface area contributed by atoms with Gasteiger partial charge in [0.15, 0.2) is 0 Å². The predicted octanol–water partition coefficient (Wildman–Crippen LogP) is 3.26. The Morgan fingerprint density at radius 1 is 1.25 bits per heavy atom. The predicted molar refractivity (Wildman–Crippen MR) is 63.9 cm³/mol. The molecule has 2 rings (SSSR count). The highest BCUT2D eigenvalue weighted by atomic mass is 16.6. The molecule has 2 heteroatoms. The van der Waals surface area contributed by atoms with Crippen molar-refractivity contribution in [2.75, 3.05) is 0 Å². The summed E-state index contributed by atoms with van der Waals surface area (Å²) in [5.41, 5.74) is 0.156. The van der Waals surface area contributed by atoms with Crippen molar-refractivity contribution in [2.24, 2.45) is 29.1 Å². The molecular weight excluding hydrogens is 200 g/mol. The second-order valence-electron chi connectivity index (χ2n) is 6.37. The first-order valence-electron chi connectivity index (χ1n) is 6.60. The molecule has 2 bridgehead atoms. The molecule has 2 nitrogen and oxygen atoms in total. The van der Waals surface area contributed by atoms with Crippen molar-refractivity contribution in [3.8, 4) is 0 Å². The zero-order chi connectivity index (χ0) is 12.1. The van der Waals surface area contributed by atoms with Gasteiger partial charge in [-0.2, -0.15) is 0 Å². The summed E-state index contributed by atoms with van der Waals surface area (Å²) in [5, 5.41) is 0. The number of carbonyl (C=O) groups excluding carboxylic acids is 1. The lowest BCUT2D eigenvalue weighted by Gasteiger charge is -2.48. The molecule has 3 unspecified atom stereocenters. The quantitative estimate of drug-likeness (QED) is 0.673. The van der Waals surface area contributed by atoms with Gasteiger partial charge in [-0.15, -0.1) is 0 Å². The normalized spacial score (nSPS) is 36.9. The smallest absolute Gasteiger partial charge is 0.309 e. The fourth-order valence-corrected chi connectivity index (χ4v) is 4.17. The van der Waals surface area contributed by atoms with Gasteiger partial charge >= 0.3 is 5.97 Å². The molecule has 0 aromatic heterocycles. The van der Waals surface area contributed by atoms with E-state index in [2.05, 4.69) is 34.6 Å². The molecular formula is C14H24O2. The maximum atomic E-state index is 12.0. The number of ether oxygens (including phenoxy) is 1. The lowest BCUT2D eigenvalue weighted by atomic mass is 9.54. The van der Waals surface area contributed by atoms with Crippen LogP contribution in [0.1, 0.15) is 47.5 Å². The molecule has 16 heavy (non-hydrogen) atoms. The monoisotopic (exact) mass is 224 g/mol. The van der Waals surface area contributed by atoms with Gasteiger partial charge < -0.3 is 4.74 Å². The molecule has 2 fully saturated rings. The summed E-state index contributed by atoms with van der Waals surface area (Å²) in [6, 6.07) is 0. The molecule has 0 radical (unpaired) electrons. The van der Waals surface area contributed by atoms with Crippen LogP contribution in [0.2, 0.25) is 0 Å². The van der Waals surface area contributed by atoms with Crippen LogP contribution in [-0.4, -0.2) is 12.1 Å². The van der Waals surface area contributed by atoms with Crippen molar-refractivity contribution in [3.05, 3.63) is 0 Å². The highest BCUT2D eigenvalue weighted by Crippen LogP contribution is 2.57. The van der Waals surface area contributed by atoms with Gasteiger partial charge in [-0.1, -0.05) is 34.6 Å². The average Bonchev–Trinajstić information content (AvgIpc) is 2.51. The van der Waals surface area contributed by atoms with Gasteiger partial charge in [-0.25, -0.2) is 0 Å². The minimum Gasteiger partial charge on any atom is -0.462 e. The van der Waals surface area contributed by atoms with E-state index in [4.69, 9.17) is 4.74 Å². The van der Waals surface area contributed by atoms with Crippen LogP contribution in [0.25, 0.3) is 0 Å². The summed E-state index contributed by atoms with van der Waals surface area (Å²) in [4.78, 5) is 12.0. The van der Waals surface area contributed by atoms with Gasteiger partial charge in [0.25, 0.3) is 0 Å². The Hall–Kier alpha value is -0.530. The fourth-order valence-electron chi connectivity index (χ4n) is 4.17. The van der Waals surface area contributed by atoms with Crippen molar-refractivity contribution in [3.63, 3.8) is 0 Å². The second kappa shape index (κ2) is 3.75. The number of rotatable bonds is 2. The van der Waals surface area contributed by atoms with Gasteiger partial charge in [0.05, 0.1) is 5.92 Å². The largest absolute Gasteiger partial charge is 0.462 e. The van der Waals surface area contributed by atoms with Crippen molar-refractivity contribution in [2.45, 2.75) is 53.6 Å². The third-order valence-electron chi connectivity index (χ3n) is 5.13.